The number of halogens is 2. The summed E-state index contributed by atoms with van der Waals surface area (Å²) in [5.41, 5.74) is 0. The second kappa shape index (κ2) is 5.30. The molecule has 0 radical (unpaired) electrons. The van der Waals surface area contributed by atoms with E-state index in [4.69, 9.17) is 33.4 Å². The van der Waals surface area contributed by atoms with Crippen molar-refractivity contribution in [3.63, 3.8) is 0 Å². The Kier molecular flexibility index (Phi) is 5.59. The summed E-state index contributed by atoms with van der Waals surface area (Å²) in [6, 6.07) is 0. The van der Waals surface area contributed by atoms with Gasteiger partial charge in [-0.15, -0.1) is 23.2 Å². The highest BCUT2D eigenvalue weighted by Gasteiger charge is 2.07. The van der Waals surface area contributed by atoms with Crippen LogP contribution in [0.5, 0.6) is 0 Å². The van der Waals surface area contributed by atoms with Crippen LogP contribution in [-0.2, 0) is 0 Å². The number of aliphatic hydroxyl groups is 2. The zero-order valence-electron chi connectivity index (χ0n) is 4.93. The third-order valence-electron chi connectivity index (χ3n) is 0.913. The molecule has 0 aliphatic rings. The first kappa shape index (κ1) is 9.50. The zero-order valence-corrected chi connectivity index (χ0v) is 6.44. The summed E-state index contributed by atoms with van der Waals surface area (Å²) in [7, 11) is 0. The van der Waals surface area contributed by atoms with E-state index in [0.717, 1.165) is 0 Å². The fraction of sp³-hybridized carbons (Fsp3) is 1.00. The first-order valence-corrected chi connectivity index (χ1v) is 3.61. The fourth-order valence-corrected chi connectivity index (χ4v) is 0.884. The molecule has 0 rings (SSSR count). The maximum Gasteiger partial charge on any atom is 0.110 e. The molecule has 2 nitrogen and oxygen atoms in total. The fourth-order valence-electron chi connectivity index (χ4n) is 0.473. The van der Waals surface area contributed by atoms with Gasteiger partial charge in [0.25, 0.3) is 0 Å². The quantitative estimate of drug-likeness (QED) is 0.620. The third kappa shape index (κ3) is 6.38. The minimum atomic E-state index is -0.574. The number of hydrogen-bond donors (Lipinski definition) is 2. The smallest absolute Gasteiger partial charge is 0.110 e. The van der Waals surface area contributed by atoms with E-state index in [0.29, 0.717) is 12.8 Å². The van der Waals surface area contributed by atoms with Gasteiger partial charge in [0.15, 0.2) is 0 Å². The third-order valence-corrected chi connectivity index (χ3v) is 1.27. The van der Waals surface area contributed by atoms with Gasteiger partial charge in [-0.1, -0.05) is 0 Å². The van der Waals surface area contributed by atoms with Crippen LogP contribution in [0.25, 0.3) is 0 Å². The molecule has 56 valence electrons. The zero-order chi connectivity index (χ0) is 7.28. The minimum Gasteiger partial charge on any atom is -0.396 e. The monoisotopic (exact) mass is 172 g/mol. The van der Waals surface area contributed by atoms with Gasteiger partial charge in [-0.25, -0.2) is 0 Å². The molecule has 2 N–H and O–H groups in total. The van der Waals surface area contributed by atoms with Crippen LogP contribution in [-0.4, -0.2) is 27.8 Å². The van der Waals surface area contributed by atoms with Crippen LogP contribution < -0.4 is 0 Å². The molecule has 0 aliphatic heterocycles. The Morgan fingerprint density at radius 2 is 1.89 bits per heavy atom. The lowest BCUT2D eigenvalue weighted by Gasteiger charge is -2.07. The van der Waals surface area contributed by atoms with E-state index in [-0.39, 0.29) is 6.61 Å². The normalized spacial score (nSPS) is 14.3. The Hall–Kier alpha value is 0.500. The van der Waals surface area contributed by atoms with Gasteiger partial charge < -0.3 is 10.2 Å². The van der Waals surface area contributed by atoms with Gasteiger partial charge >= 0.3 is 0 Å². The molecule has 0 aromatic carbocycles. The topological polar surface area (TPSA) is 40.5 Å². The molecule has 0 spiro atoms. The highest BCUT2D eigenvalue weighted by Crippen LogP contribution is 2.11. The molecular weight excluding hydrogens is 163 g/mol. The summed E-state index contributed by atoms with van der Waals surface area (Å²) >= 11 is 10.7. The van der Waals surface area contributed by atoms with Gasteiger partial charge in [-0.3, -0.25) is 0 Å². The van der Waals surface area contributed by atoms with E-state index in [1.165, 1.54) is 0 Å². The molecule has 0 aromatic heterocycles. The van der Waals surface area contributed by atoms with E-state index in [9.17, 15) is 0 Å². The maximum atomic E-state index is 8.89. The maximum absolute atomic E-state index is 8.89. The average molecular weight is 173 g/mol. The summed E-state index contributed by atoms with van der Waals surface area (Å²) in [6.45, 7) is -0.0261. The van der Waals surface area contributed by atoms with Crippen molar-refractivity contribution in [3.05, 3.63) is 0 Å². The molecule has 0 bridgehead atoms. The number of alkyl halides is 2. The molecule has 0 saturated carbocycles. The van der Waals surface area contributed by atoms with Crippen LogP contribution >= 0.6 is 23.2 Å². The second-order valence-corrected chi connectivity index (χ2v) is 3.07. The predicted octanol–water partition coefficient (Wildman–Crippen LogP) is 0.923. The first-order valence-electron chi connectivity index (χ1n) is 2.74. The standard InChI is InChI=1S/C5H10Cl2O2/c6-5(7)3-4(9)1-2-8/h4-5,8-9H,1-3H2. The van der Waals surface area contributed by atoms with E-state index in [2.05, 4.69) is 0 Å². The Morgan fingerprint density at radius 3 is 2.22 bits per heavy atom. The Bertz CT molecular complexity index is 68.0. The molecule has 4 heteroatoms. The van der Waals surface area contributed by atoms with E-state index >= 15 is 0 Å². The van der Waals surface area contributed by atoms with Crippen molar-refractivity contribution in [1.82, 2.24) is 0 Å². The van der Waals surface area contributed by atoms with Crippen LogP contribution in [0.15, 0.2) is 0 Å². The van der Waals surface area contributed by atoms with Crippen molar-refractivity contribution >= 4 is 23.2 Å². The molecule has 0 aromatic rings. The predicted molar refractivity (Wildman–Crippen MR) is 37.8 cm³/mol. The molecule has 1 unspecified atom stereocenters. The van der Waals surface area contributed by atoms with Crippen LogP contribution in [0.3, 0.4) is 0 Å². The largest absolute Gasteiger partial charge is 0.396 e. The van der Waals surface area contributed by atoms with Gasteiger partial charge in [-0.2, -0.15) is 0 Å². The van der Waals surface area contributed by atoms with E-state index in [1.807, 2.05) is 0 Å². The lowest BCUT2D eigenvalue weighted by molar-refractivity contribution is 0.128. The van der Waals surface area contributed by atoms with Crippen molar-refractivity contribution in [2.24, 2.45) is 0 Å². The Labute approximate surface area is 64.4 Å². The highest BCUT2D eigenvalue weighted by atomic mass is 35.5. The molecule has 0 heterocycles. The van der Waals surface area contributed by atoms with Crippen LogP contribution in [0.4, 0.5) is 0 Å². The van der Waals surface area contributed by atoms with Crippen molar-refractivity contribution in [2.45, 2.75) is 23.8 Å². The average Bonchev–Trinajstić information content (AvgIpc) is 1.63. The second-order valence-electron chi connectivity index (χ2n) is 1.79. The van der Waals surface area contributed by atoms with Crippen molar-refractivity contribution in [3.8, 4) is 0 Å². The van der Waals surface area contributed by atoms with Crippen LogP contribution in [0.1, 0.15) is 12.8 Å². The molecule has 0 aliphatic carbocycles. The molecular formula is C5H10Cl2O2. The lowest BCUT2D eigenvalue weighted by atomic mass is 10.2. The summed E-state index contributed by atoms with van der Waals surface area (Å²) in [4.78, 5) is -0.536. The first-order chi connectivity index (χ1) is 4.16. The molecule has 0 fully saturated rings. The summed E-state index contributed by atoms with van der Waals surface area (Å²) in [5.74, 6) is 0. The van der Waals surface area contributed by atoms with Gasteiger partial charge in [0.05, 0.1) is 6.10 Å². The van der Waals surface area contributed by atoms with Crippen molar-refractivity contribution < 1.29 is 10.2 Å². The van der Waals surface area contributed by atoms with E-state index < -0.39 is 10.9 Å². The van der Waals surface area contributed by atoms with Gasteiger partial charge in [-0.05, 0) is 6.42 Å². The number of aliphatic hydroxyl groups excluding tert-OH is 2. The van der Waals surface area contributed by atoms with Gasteiger partial charge in [0.2, 0.25) is 0 Å². The summed E-state index contributed by atoms with van der Waals surface area (Å²) in [5, 5.41) is 17.2. The van der Waals surface area contributed by atoms with Crippen molar-refractivity contribution in [2.75, 3.05) is 6.61 Å². The van der Waals surface area contributed by atoms with Crippen LogP contribution in [0.2, 0.25) is 0 Å². The molecule has 0 saturated heterocycles. The summed E-state index contributed by atoms with van der Waals surface area (Å²) < 4.78 is 0. The Morgan fingerprint density at radius 1 is 1.33 bits per heavy atom. The lowest BCUT2D eigenvalue weighted by Crippen LogP contribution is -2.11. The highest BCUT2D eigenvalue weighted by molar-refractivity contribution is 6.44. The van der Waals surface area contributed by atoms with Crippen molar-refractivity contribution in [1.29, 1.82) is 0 Å². The van der Waals surface area contributed by atoms with E-state index in [1.54, 1.807) is 0 Å². The van der Waals surface area contributed by atoms with Crippen LogP contribution in [0, 0.1) is 0 Å². The molecule has 0 amide bonds. The van der Waals surface area contributed by atoms with Gasteiger partial charge in [0, 0.05) is 13.0 Å². The number of rotatable bonds is 4. The SMILES string of the molecule is OCCC(O)CC(Cl)Cl. The minimum absolute atomic E-state index is 0.0261. The number of hydrogen-bond acceptors (Lipinski definition) is 2. The summed E-state index contributed by atoms with van der Waals surface area (Å²) in [6.07, 6.45) is 0.0922. The molecule has 1 atom stereocenters. The Balaban J connectivity index is 3.15. The molecule has 9 heavy (non-hydrogen) atoms. The van der Waals surface area contributed by atoms with Gasteiger partial charge in [0.1, 0.15) is 4.84 Å².